The largest absolute Gasteiger partial charge is 3.00 e. The summed E-state index contributed by atoms with van der Waals surface area (Å²) in [5.74, 6) is 0. The van der Waals surface area contributed by atoms with E-state index < -0.39 is 0 Å². The minimum Gasteiger partial charge on any atom is -0.811 e. The van der Waals surface area contributed by atoms with Crippen LogP contribution in [-0.4, -0.2) is 11.2 Å². The van der Waals surface area contributed by atoms with Crippen molar-refractivity contribution < 1.29 is 22.8 Å². The van der Waals surface area contributed by atoms with E-state index in [4.69, 9.17) is 8.15 Å². The molecule has 0 aliphatic heterocycles. The number of thiophene rings is 1. The average Bonchev–Trinajstić information content (AvgIpc) is 3.26. The van der Waals surface area contributed by atoms with E-state index in [1.807, 2.05) is 49.4 Å². The van der Waals surface area contributed by atoms with Crippen LogP contribution in [0.4, 0.5) is 0 Å². The fourth-order valence-electron chi connectivity index (χ4n) is 3.06. The number of hydrogen-bond donors (Lipinski definition) is 0. The van der Waals surface area contributed by atoms with Crippen molar-refractivity contribution >= 4 is 37.7 Å². The van der Waals surface area contributed by atoms with Crippen LogP contribution >= 0.6 is 11.3 Å². The van der Waals surface area contributed by atoms with Gasteiger partial charge in [-0.3, -0.25) is 0 Å². The van der Waals surface area contributed by atoms with Crippen molar-refractivity contribution in [1.29, 1.82) is 0 Å². The molecule has 170 valence electrons. The van der Waals surface area contributed by atoms with Gasteiger partial charge >= 0.3 is 20.1 Å². The molecule has 0 aliphatic carbocycles. The number of nitrogens with zero attached hydrogens (tertiary/aromatic N) is 2. The second kappa shape index (κ2) is 14.2. The van der Waals surface area contributed by atoms with E-state index in [1.54, 1.807) is 29.7 Å². The van der Waals surface area contributed by atoms with Gasteiger partial charge < -0.3 is 10.4 Å². The predicted octanol–water partition coefficient (Wildman–Crippen LogP) is 8.47. The number of aromatic nitrogens is 1. The summed E-state index contributed by atoms with van der Waals surface area (Å²) in [6.07, 6.45) is 5.82. The second-order valence-corrected chi connectivity index (χ2v) is 8.12. The molecule has 3 aromatic carbocycles. The van der Waals surface area contributed by atoms with Gasteiger partial charge in [0.1, 0.15) is 0 Å². The first kappa shape index (κ1) is 24.0. The molecule has 5 aromatic rings. The number of allylic oxidation sites excluding steroid dienone is 3. The number of pyridine rings is 1. The summed E-state index contributed by atoms with van der Waals surface area (Å²) < 4.78 is 18.1. The summed E-state index contributed by atoms with van der Waals surface area (Å²) in [6.45, 7) is 7.42. The Morgan fingerprint density at radius 2 is 1.91 bits per heavy atom. The average molecular weight is 640 g/mol. The van der Waals surface area contributed by atoms with Crippen LogP contribution in [0.1, 0.15) is 15.2 Å². The smallest absolute Gasteiger partial charge is 0.811 e. The Morgan fingerprint density at radius 3 is 2.53 bits per heavy atom. The van der Waals surface area contributed by atoms with E-state index in [0.29, 0.717) is 5.69 Å². The standard InChI is InChI=1S/C18H12NS.C6H8N.C6H5.Ir/c1-12-10-13(15-7-4-5-9-19-15)11-17-18(12)14-6-2-3-8-16(14)20-17;1-3-6(2)4-5-7;1-2-4-6-5-3-1;/h2-10H,1H3;3-5H,1H2,2H3;1-5H;/q3*-1;+3/b;6-4-;;/i4D,7D;;;. The van der Waals surface area contributed by atoms with Crippen molar-refractivity contribution in [2.24, 2.45) is 0 Å². The zero-order chi connectivity index (χ0) is 25.2. The van der Waals surface area contributed by atoms with E-state index in [1.165, 1.54) is 21.5 Å². The fourth-order valence-corrected chi connectivity index (χ4v) is 4.24. The van der Waals surface area contributed by atoms with E-state index in [-0.39, 0.29) is 32.2 Å². The molecular formula is C30H25IrN2S. The quantitative estimate of drug-likeness (QED) is 0.111. The fraction of sp³-hybridized carbons (Fsp3) is 0.0667. The van der Waals surface area contributed by atoms with Crippen molar-refractivity contribution in [3.05, 3.63) is 132 Å². The topological polar surface area (TPSA) is 35.2 Å². The van der Waals surface area contributed by atoms with Crippen LogP contribution in [0.25, 0.3) is 36.8 Å². The molecule has 2 aromatic heterocycles. The molecule has 0 bridgehead atoms. The Hall–Kier alpha value is -3.17. The molecule has 0 N–H and O–H groups in total. The molecule has 0 atom stereocenters. The Bertz CT molecular complexity index is 1450. The molecule has 0 amide bonds. The van der Waals surface area contributed by atoms with Crippen molar-refractivity contribution in [3.63, 3.8) is 0 Å². The van der Waals surface area contributed by atoms with Crippen LogP contribution in [0, 0.1) is 19.1 Å². The summed E-state index contributed by atoms with van der Waals surface area (Å²) in [5.41, 5.74) is 3.42. The molecule has 0 fully saturated rings. The summed E-state index contributed by atoms with van der Waals surface area (Å²) in [4.78, 5) is 4.28. The Balaban J connectivity index is 0.000000270. The number of aryl methyl sites for hydroxylation is 1. The zero-order valence-electron chi connectivity index (χ0n) is 21.0. The van der Waals surface area contributed by atoms with Gasteiger partial charge in [0.05, 0.1) is 2.74 Å². The SMILES string of the molecule is C=C/C(C)=C\C=[N-].[2H]c1ccnc(-c2[c-]c3sc4ccccc4c3c(C)c2)c1[2H].[Ir+3].[c-]1ccccc1. The molecule has 0 saturated heterocycles. The molecule has 0 radical (unpaired) electrons. The number of benzene rings is 3. The van der Waals surface area contributed by atoms with E-state index in [2.05, 4.69) is 48.8 Å². The van der Waals surface area contributed by atoms with E-state index in [9.17, 15) is 0 Å². The van der Waals surface area contributed by atoms with Gasteiger partial charge in [-0.2, -0.15) is 53.9 Å². The molecule has 2 nitrogen and oxygen atoms in total. The molecule has 34 heavy (non-hydrogen) atoms. The summed E-state index contributed by atoms with van der Waals surface area (Å²) >= 11 is 1.70. The molecule has 2 heterocycles. The molecular weight excluding hydrogens is 613 g/mol. The van der Waals surface area contributed by atoms with Gasteiger partial charge in [0.2, 0.25) is 0 Å². The Kier molecular flexibility index (Phi) is 9.99. The summed E-state index contributed by atoms with van der Waals surface area (Å²) in [7, 11) is 0. The molecule has 0 spiro atoms. The van der Waals surface area contributed by atoms with Crippen LogP contribution in [-0.2, 0) is 20.1 Å². The predicted molar refractivity (Wildman–Crippen MR) is 145 cm³/mol. The van der Waals surface area contributed by atoms with Gasteiger partial charge in [-0.25, -0.2) is 0 Å². The Morgan fingerprint density at radius 1 is 1.15 bits per heavy atom. The molecule has 5 rings (SSSR count). The minimum atomic E-state index is 0. The third-order valence-corrected chi connectivity index (χ3v) is 5.76. The molecule has 0 aliphatic rings. The first-order valence-corrected chi connectivity index (χ1v) is 11.2. The monoisotopic (exact) mass is 640 g/mol. The van der Waals surface area contributed by atoms with Crippen LogP contribution in [0.15, 0.2) is 109 Å². The summed E-state index contributed by atoms with van der Waals surface area (Å²) in [5, 5.41) is 10.6. The maximum absolute atomic E-state index is 8.12. The van der Waals surface area contributed by atoms with E-state index >= 15 is 0 Å². The van der Waals surface area contributed by atoms with Gasteiger partial charge in [-0.05, 0) is 34.8 Å². The van der Waals surface area contributed by atoms with Crippen molar-refractivity contribution in [1.82, 2.24) is 4.98 Å². The van der Waals surface area contributed by atoms with E-state index in [0.717, 1.165) is 27.6 Å². The third-order valence-electron chi connectivity index (χ3n) is 4.67. The van der Waals surface area contributed by atoms with Crippen molar-refractivity contribution in [2.75, 3.05) is 0 Å². The van der Waals surface area contributed by atoms with Crippen molar-refractivity contribution in [3.8, 4) is 11.3 Å². The van der Waals surface area contributed by atoms with Gasteiger partial charge in [-0.15, -0.1) is 23.3 Å². The van der Waals surface area contributed by atoms with Crippen LogP contribution < -0.4 is 0 Å². The Labute approximate surface area is 222 Å². The number of fused-ring (bicyclic) bond motifs is 3. The second-order valence-electron chi connectivity index (χ2n) is 7.07. The van der Waals surface area contributed by atoms with Gasteiger partial charge in [-0.1, -0.05) is 66.9 Å². The van der Waals surface area contributed by atoms with Crippen LogP contribution in [0.5, 0.6) is 0 Å². The third kappa shape index (κ3) is 7.43. The van der Waals surface area contributed by atoms with Crippen molar-refractivity contribution in [2.45, 2.75) is 13.8 Å². The van der Waals surface area contributed by atoms with Crippen LogP contribution in [0.2, 0.25) is 0 Å². The number of hydrogen-bond acceptors (Lipinski definition) is 2. The van der Waals surface area contributed by atoms with Gasteiger partial charge in [0.15, 0.2) is 0 Å². The maximum atomic E-state index is 8.12. The van der Waals surface area contributed by atoms with Gasteiger partial charge in [0.25, 0.3) is 0 Å². The molecule has 0 saturated carbocycles. The number of rotatable bonds is 3. The normalized spacial score (nSPS) is 11.1. The first-order valence-electron chi connectivity index (χ1n) is 11.4. The summed E-state index contributed by atoms with van der Waals surface area (Å²) in [6, 6.07) is 28.1. The minimum absolute atomic E-state index is 0. The molecule has 4 heteroatoms. The zero-order valence-corrected chi connectivity index (χ0v) is 22.2. The van der Waals surface area contributed by atoms with Crippen LogP contribution in [0.3, 0.4) is 0 Å². The maximum Gasteiger partial charge on any atom is 3.00 e. The molecule has 0 unspecified atom stereocenters. The first-order chi connectivity index (χ1) is 17.0. The van der Waals surface area contributed by atoms with Gasteiger partial charge in [0, 0.05) is 10.9 Å².